The third-order valence-corrected chi connectivity index (χ3v) is 8.14. The Kier molecular flexibility index (Phi) is 8.30. The van der Waals surface area contributed by atoms with Gasteiger partial charge in [0.15, 0.2) is 0 Å². The quantitative estimate of drug-likeness (QED) is 0.569. The average Bonchev–Trinajstić information content (AvgIpc) is 3.82. The van der Waals surface area contributed by atoms with Crippen molar-refractivity contribution >= 4 is 29.1 Å². The summed E-state index contributed by atoms with van der Waals surface area (Å²) < 4.78 is 0. The summed E-state index contributed by atoms with van der Waals surface area (Å²) in [4.78, 5) is 45.9. The minimum atomic E-state index is -0.131. The highest BCUT2D eigenvalue weighted by Gasteiger charge is 2.31. The molecule has 0 unspecified atom stereocenters. The maximum atomic E-state index is 13.7. The van der Waals surface area contributed by atoms with Gasteiger partial charge < -0.3 is 20.0 Å². The fourth-order valence-electron chi connectivity index (χ4n) is 5.76. The lowest BCUT2D eigenvalue weighted by Gasteiger charge is -2.31. The molecule has 2 heterocycles. The second-order valence-electron chi connectivity index (χ2n) is 10.9. The predicted octanol–water partition coefficient (Wildman–Crippen LogP) is 4.89. The molecular weight excluding hydrogens is 476 g/mol. The fraction of sp³-hybridized carbons (Fsp3) is 0.516. The molecule has 5 rings (SSSR count). The van der Waals surface area contributed by atoms with E-state index in [1.807, 2.05) is 58.3 Å². The van der Waals surface area contributed by atoms with Gasteiger partial charge in [-0.15, -0.1) is 0 Å². The van der Waals surface area contributed by atoms with Crippen molar-refractivity contribution < 1.29 is 14.4 Å². The number of rotatable bonds is 7. The number of hydrogen-bond acceptors (Lipinski definition) is 4. The zero-order chi connectivity index (χ0) is 26.5. The van der Waals surface area contributed by atoms with Crippen LogP contribution in [0.3, 0.4) is 0 Å². The minimum Gasteiger partial charge on any atom is -0.369 e. The molecule has 3 amide bonds. The number of benzene rings is 2. The fourth-order valence-corrected chi connectivity index (χ4v) is 5.76. The van der Waals surface area contributed by atoms with Crippen molar-refractivity contribution in [1.29, 1.82) is 0 Å². The average molecular weight is 517 g/mol. The molecule has 3 fully saturated rings. The van der Waals surface area contributed by atoms with E-state index in [-0.39, 0.29) is 29.6 Å². The number of amides is 3. The zero-order valence-electron chi connectivity index (χ0n) is 22.5. The molecule has 3 aliphatic rings. The number of nitrogens with zero attached hydrogens (tertiary/aromatic N) is 3. The molecule has 0 spiro atoms. The third kappa shape index (κ3) is 6.03. The summed E-state index contributed by atoms with van der Waals surface area (Å²) in [5, 5.41) is 3.02. The number of carbonyl (C=O) groups is 3. The van der Waals surface area contributed by atoms with E-state index in [9.17, 15) is 14.4 Å². The summed E-state index contributed by atoms with van der Waals surface area (Å²) >= 11 is 0. The molecule has 202 valence electrons. The lowest BCUT2D eigenvalue weighted by atomic mass is 9.95. The van der Waals surface area contributed by atoms with Crippen LogP contribution in [0.5, 0.6) is 0 Å². The molecular formula is C31H40N4O3. The number of piperidine rings is 1. The molecule has 1 N–H and O–H groups in total. The monoisotopic (exact) mass is 516 g/mol. The van der Waals surface area contributed by atoms with E-state index in [2.05, 4.69) is 17.1 Å². The molecule has 38 heavy (non-hydrogen) atoms. The molecule has 2 aromatic rings. The van der Waals surface area contributed by atoms with Gasteiger partial charge in [0.25, 0.3) is 5.91 Å². The van der Waals surface area contributed by atoms with Crippen molar-refractivity contribution in [2.45, 2.75) is 57.8 Å². The number of carbonyl (C=O) groups excluding carboxylic acids is 3. The lowest BCUT2D eigenvalue weighted by Crippen LogP contribution is -2.39. The predicted molar refractivity (Wildman–Crippen MR) is 150 cm³/mol. The topological polar surface area (TPSA) is 73.0 Å². The van der Waals surface area contributed by atoms with Gasteiger partial charge in [-0.25, -0.2) is 0 Å². The van der Waals surface area contributed by atoms with Gasteiger partial charge in [-0.05, 0) is 68.7 Å². The second kappa shape index (κ2) is 12.0. The van der Waals surface area contributed by atoms with Crippen LogP contribution in [0.15, 0.2) is 48.5 Å². The van der Waals surface area contributed by atoms with Crippen molar-refractivity contribution in [1.82, 2.24) is 9.80 Å². The van der Waals surface area contributed by atoms with Crippen LogP contribution in [0.1, 0.15) is 73.7 Å². The number of anilines is 2. The van der Waals surface area contributed by atoms with Crippen LogP contribution in [0.25, 0.3) is 0 Å². The first-order chi connectivity index (χ1) is 18.5. The molecule has 2 saturated heterocycles. The van der Waals surface area contributed by atoms with Crippen LogP contribution >= 0.6 is 0 Å². The first kappa shape index (κ1) is 26.3. The Bertz CT molecular complexity index is 1140. The van der Waals surface area contributed by atoms with Crippen LogP contribution in [-0.4, -0.2) is 66.8 Å². The number of hydrogen-bond donors (Lipinski definition) is 1. The van der Waals surface area contributed by atoms with Gasteiger partial charge in [-0.1, -0.05) is 37.3 Å². The second-order valence-corrected chi connectivity index (χ2v) is 10.9. The number of nitrogens with one attached hydrogen (secondary N) is 1. The maximum absolute atomic E-state index is 13.7. The maximum Gasteiger partial charge on any atom is 0.256 e. The van der Waals surface area contributed by atoms with Crippen molar-refractivity contribution in [2.24, 2.45) is 5.92 Å². The van der Waals surface area contributed by atoms with Gasteiger partial charge in [-0.3, -0.25) is 14.4 Å². The highest BCUT2D eigenvalue weighted by atomic mass is 16.2. The van der Waals surface area contributed by atoms with Crippen LogP contribution in [-0.2, 0) is 9.59 Å². The van der Waals surface area contributed by atoms with Gasteiger partial charge in [0.05, 0.1) is 11.5 Å². The zero-order valence-corrected chi connectivity index (χ0v) is 22.5. The van der Waals surface area contributed by atoms with Gasteiger partial charge in [0, 0.05) is 56.6 Å². The molecule has 0 aromatic heterocycles. The Morgan fingerprint density at radius 1 is 0.842 bits per heavy atom. The smallest absolute Gasteiger partial charge is 0.256 e. The summed E-state index contributed by atoms with van der Waals surface area (Å²) in [6, 6.07) is 15.8. The molecule has 2 aromatic carbocycles. The van der Waals surface area contributed by atoms with Gasteiger partial charge in [-0.2, -0.15) is 0 Å². The van der Waals surface area contributed by atoms with Gasteiger partial charge >= 0.3 is 0 Å². The minimum absolute atomic E-state index is 0.0366. The van der Waals surface area contributed by atoms with E-state index in [1.54, 1.807) is 0 Å². The van der Waals surface area contributed by atoms with Gasteiger partial charge in [0.1, 0.15) is 0 Å². The molecule has 1 aliphatic carbocycles. The first-order valence-electron chi connectivity index (χ1n) is 14.4. The molecule has 7 nitrogen and oxygen atoms in total. The Balaban J connectivity index is 1.34. The highest BCUT2D eigenvalue weighted by Crippen LogP contribution is 2.32. The summed E-state index contributed by atoms with van der Waals surface area (Å²) in [6.45, 7) is 6.41. The lowest BCUT2D eigenvalue weighted by molar-refractivity contribution is -0.132. The number of likely N-dealkylation sites (tertiary alicyclic amines) is 1. The normalized spacial score (nSPS) is 19.0. The molecule has 1 saturated carbocycles. The Hall–Kier alpha value is -3.35. The van der Waals surface area contributed by atoms with Crippen LogP contribution < -0.4 is 10.2 Å². The largest absolute Gasteiger partial charge is 0.369 e. The Morgan fingerprint density at radius 3 is 2.29 bits per heavy atom. The summed E-state index contributed by atoms with van der Waals surface area (Å²) in [5.74, 6) is 0.237. The van der Waals surface area contributed by atoms with Crippen molar-refractivity contribution in [2.75, 3.05) is 49.5 Å². The third-order valence-electron chi connectivity index (χ3n) is 8.14. The standard InChI is InChI=1S/C31H40N4O3/c1-2-26(23-10-5-3-6-11-23)30(37)35-19-9-18-33(20-21-35)28-15-14-25(32-29(36)24-12-13-24)22-27(28)31(38)34-16-7-4-8-17-34/h3,5-6,10-11,14-15,22,24,26H,2,4,7-9,12-13,16-21H2,1H3,(H,32,36)/t26-/m0/s1. The summed E-state index contributed by atoms with van der Waals surface area (Å²) in [5.41, 5.74) is 3.30. The summed E-state index contributed by atoms with van der Waals surface area (Å²) in [7, 11) is 0. The highest BCUT2D eigenvalue weighted by molar-refractivity contribution is 6.02. The SMILES string of the molecule is CC[C@H](C(=O)N1CCCN(c2ccc(NC(=O)C3CC3)cc2C(=O)N2CCCCC2)CC1)c1ccccc1. The summed E-state index contributed by atoms with van der Waals surface area (Å²) in [6.07, 6.45) is 6.71. The van der Waals surface area contributed by atoms with Crippen molar-refractivity contribution in [3.05, 3.63) is 59.7 Å². The van der Waals surface area contributed by atoms with Crippen molar-refractivity contribution in [3.63, 3.8) is 0 Å². The molecule has 2 aliphatic heterocycles. The van der Waals surface area contributed by atoms with E-state index in [0.717, 1.165) is 75.8 Å². The van der Waals surface area contributed by atoms with Crippen LogP contribution in [0.4, 0.5) is 11.4 Å². The van der Waals surface area contributed by atoms with Gasteiger partial charge in [0.2, 0.25) is 11.8 Å². The van der Waals surface area contributed by atoms with E-state index in [1.165, 1.54) is 0 Å². The van der Waals surface area contributed by atoms with Crippen molar-refractivity contribution in [3.8, 4) is 0 Å². The molecule has 7 heteroatoms. The first-order valence-corrected chi connectivity index (χ1v) is 14.4. The van der Waals surface area contributed by atoms with E-state index >= 15 is 0 Å². The van der Waals surface area contributed by atoms with E-state index in [4.69, 9.17) is 0 Å². The Morgan fingerprint density at radius 2 is 1.58 bits per heavy atom. The molecule has 0 bridgehead atoms. The molecule has 1 atom stereocenters. The van der Waals surface area contributed by atoms with Crippen LogP contribution in [0.2, 0.25) is 0 Å². The Labute approximate surface area is 226 Å². The van der Waals surface area contributed by atoms with E-state index in [0.29, 0.717) is 30.9 Å². The van der Waals surface area contributed by atoms with E-state index < -0.39 is 0 Å². The molecule has 0 radical (unpaired) electrons. The van der Waals surface area contributed by atoms with Crippen LogP contribution in [0, 0.1) is 5.92 Å².